The van der Waals surface area contributed by atoms with E-state index >= 15 is 0 Å². The van der Waals surface area contributed by atoms with Gasteiger partial charge in [0.25, 0.3) is 0 Å². The fourth-order valence-corrected chi connectivity index (χ4v) is 2.32. The Kier molecular flexibility index (Phi) is 6.31. The van der Waals surface area contributed by atoms with Crippen LogP contribution < -0.4 is 5.32 Å². The Hall–Kier alpha value is -1.07. The number of nitrogens with one attached hydrogen (secondary N) is 1. The van der Waals surface area contributed by atoms with E-state index in [1.54, 1.807) is 12.1 Å². The first-order chi connectivity index (χ1) is 8.97. The first kappa shape index (κ1) is 16.0. The van der Waals surface area contributed by atoms with E-state index in [1.165, 1.54) is 0 Å². The SMILES string of the molecule is CCC(C)N(C)CCNc1cccc(Br)c1C(=O)O. The molecule has 0 fully saturated rings. The predicted octanol–water partition coefficient (Wildman–Crippen LogP) is 3.29. The van der Waals surface area contributed by atoms with E-state index < -0.39 is 5.97 Å². The highest BCUT2D eigenvalue weighted by molar-refractivity contribution is 9.10. The molecular formula is C14H21BrN2O2. The maximum atomic E-state index is 11.2. The molecule has 19 heavy (non-hydrogen) atoms. The summed E-state index contributed by atoms with van der Waals surface area (Å²) in [6.45, 7) is 5.94. The lowest BCUT2D eigenvalue weighted by Gasteiger charge is -2.23. The third-order valence-corrected chi connectivity index (χ3v) is 4.01. The second-order valence-corrected chi connectivity index (χ2v) is 5.49. The van der Waals surface area contributed by atoms with Gasteiger partial charge in [0.1, 0.15) is 0 Å². The van der Waals surface area contributed by atoms with Gasteiger partial charge < -0.3 is 15.3 Å². The van der Waals surface area contributed by atoms with Gasteiger partial charge in [0.2, 0.25) is 0 Å². The van der Waals surface area contributed by atoms with Crippen molar-refractivity contribution in [2.75, 3.05) is 25.5 Å². The first-order valence-electron chi connectivity index (χ1n) is 6.43. The zero-order valence-electron chi connectivity index (χ0n) is 11.6. The molecule has 0 saturated carbocycles. The maximum Gasteiger partial charge on any atom is 0.338 e. The van der Waals surface area contributed by atoms with Gasteiger partial charge >= 0.3 is 5.97 Å². The molecule has 2 N–H and O–H groups in total. The predicted molar refractivity (Wildman–Crippen MR) is 82.0 cm³/mol. The fourth-order valence-electron chi connectivity index (χ4n) is 1.79. The second-order valence-electron chi connectivity index (χ2n) is 4.63. The standard InChI is InChI=1S/C14H21BrN2O2/c1-4-10(2)17(3)9-8-16-12-7-5-6-11(15)13(12)14(18)19/h5-7,10,16H,4,8-9H2,1-3H3,(H,18,19). The Balaban J connectivity index is 2.64. The molecular weight excluding hydrogens is 308 g/mol. The van der Waals surface area contributed by atoms with Crippen LogP contribution in [-0.4, -0.2) is 42.2 Å². The minimum absolute atomic E-state index is 0.286. The van der Waals surface area contributed by atoms with Crippen molar-refractivity contribution in [2.24, 2.45) is 0 Å². The summed E-state index contributed by atoms with van der Waals surface area (Å²) in [7, 11) is 2.08. The van der Waals surface area contributed by atoms with Crippen molar-refractivity contribution in [2.45, 2.75) is 26.3 Å². The van der Waals surface area contributed by atoms with Crippen molar-refractivity contribution in [1.29, 1.82) is 0 Å². The van der Waals surface area contributed by atoms with Crippen LogP contribution in [0.5, 0.6) is 0 Å². The molecule has 0 radical (unpaired) electrons. The second kappa shape index (κ2) is 7.50. The molecule has 0 saturated heterocycles. The van der Waals surface area contributed by atoms with Gasteiger partial charge in [0, 0.05) is 29.3 Å². The molecule has 0 amide bonds. The summed E-state index contributed by atoms with van der Waals surface area (Å²) < 4.78 is 0.597. The summed E-state index contributed by atoms with van der Waals surface area (Å²) in [6.07, 6.45) is 1.10. The highest BCUT2D eigenvalue weighted by Gasteiger charge is 2.14. The van der Waals surface area contributed by atoms with Gasteiger partial charge in [0.15, 0.2) is 0 Å². The van der Waals surface area contributed by atoms with Crippen LogP contribution in [0, 0.1) is 0 Å². The van der Waals surface area contributed by atoms with E-state index in [9.17, 15) is 9.90 Å². The number of benzene rings is 1. The number of carboxylic acids is 1. The minimum Gasteiger partial charge on any atom is -0.478 e. The Morgan fingerprint density at radius 2 is 2.21 bits per heavy atom. The quantitative estimate of drug-likeness (QED) is 0.806. The molecule has 0 aliphatic carbocycles. The Morgan fingerprint density at radius 1 is 1.53 bits per heavy atom. The number of carboxylic acid groups (broad SMARTS) is 1. The van der Waals surface area contributed by atoms with E-state index in [-0.39, 0.29) is 5.56 Å². The molecule has 0 aromatic heterocycles. The van der Waals surface area contributed by atoms with E-state index in [0.29, 0.717) is 16.2 Å². The van der Waals surface area contributed by atoms with Crippen molar-refractivity contribution >= 4 is 27.6 Å². The lowest BCUT2D eigenvalue weighted by molar-refractivity contribution is 0.0697. The van der Waals surface area contributed by atoms with Gasteiger partial charge in [-0.15, -0.1) is 0 Å². The molecule has 1 atom stereocenters. The molecule has 0 bridgehead atoms. The maximum absolute atomic E-state index is 11.2. The molecule has 0 aliphatic heterocycles. The van der Waals surface area contributed by atoms with Gasteiger partial charge in [-0.25, -0.2) is 4.79 Å². The lowest BCUT2D eigenvalue weighted by atomic mass is 10.2. The number of hydrogen-bond donors (Lipinski definition) is 2. The number of nitrogens with zero attached hydrogens (tertiary/aromatic N) is 1. The number of rotatable bonds is 7. The summed E-state index contributed by atoms with van der Waals surface area (Å²) in [4.78, 5) is 13.5. The number of likely N-dealkylation sites (N-methyl/N-ethyl adjacent to an activating group) is 1. The van der Waals surface area contributed by atoms with Crippen LogP contribution in [-0.2, 0) is 0 Å². The minimum atomic E-state index is -0.926. The molecule has 1 aromatic carbocycles. The van der Waals surface area contributed by atoms with E-state index in [4.69, 9.17) is 0 Å². The van der Waals surface area contributed by atoms with Crippen LogP contribution in [0.2, 0.25) is 0 Å². The smallest absolute Gasteiger partial charge is 0.338 e. The summed E-state index contributed by atoms with van der Waals surface area (Å²) in [6, 6.07) is 5.89. The molecule has 5 heteroatoms. The van der Waals surface area contributed by atoms with Crippen LogP contribution in [0.3, 0.4) is 0 Å². The Bertz CT molecular complexity index is 437. The average Bonchev–Trinajstić information content (AvgIpc) is 2.37. The summed E-state index contributed by atoms with van der Waals surface area (Å²) in [5.74, 6) is -0.926. The van der Waals surface area contributed by atoms with Gasteiger partial charge in [-0.1, -0.05) is 13.0 Å². The third kappa shape index (κ3) is 4.51. The van der Waals surface area contributed by atoms with Crippen LogP contribution >= 0.6 is 15.9 Å². The van der Waals surface area contributed by atoms with Crippen molar-refractivity contribution in [3.8, 4) is 0 Å². The summed E-state index contributed by atoms with van der Waals surface area (Å²) in [5.41, 5.74) is 0.938. The molecule has 0 aliphatic rings. The largest absolute Gasteiger partial charge is 0.478 e. The first-order valence-corrected chi connectivity index (χ1v) is 7.22. The number of hydrogen-bond acceptors (Lipinski definition) is 3. The molecule has 0 heterocycles. The highest BCUT2D eigenvalue weighted by atomic mass is 79.9. The number of carbonyl (C=O) groups is 1. The third-order valence-electron chi connectivity index (χ3n) is 3.35. The van der Waals surface area contributed by atoms with Gasteiger partial charge in [-0.3, -0.25) is 0 Å². The van der Waals surface area contributed by atoms with Gasteiger partial charge in [-0.2, -0.15) is 0 Å². The summed E-state index contributed by atoms with van der Waals surface area (Å²) >= 11 is 3.27. The van der Waals surface area contributed by atoms with Crippen LogP contribution in [0.25, 0.3) is 0 Å². The van der Waals surface area contributed by atoms with Crippen molar-refractivity contribution in [3.05, 3.63) is 28.2 Å². The van der Waals surface area contributed by atoms with E-state index in [1.807, 2.05) is 6.07 Å². The molecule has 0 spiro atoms. The normalized spacial score (nSPS) is 12.5. The summed E-state index contributed by atoms with van der Waals surface area (Å²) in [5, 5.41) is 12.4. The van der Waals surface area contributed by atoms with Crippen molar-refractivity contribution in [3.63, 3.8) is 0 Å². The van der Waals surface area contributed by atoms with Gasteiger partial charge in [-0.05, 0) is 48.5 Å². The van der Waals surface area contributed by atoms with Crippen molar-refractivity contribution in [1.82, 2.24) is 4.90 Å². The van der Waals surface area contributed by atoms with Gasteiger partial charge in [0.05, 0.1) is 5.56 Å². The Morgan fingerprint density at radius 3 is 2.79 bits per heavy atom. The molecule has 1 rings (SSSR count). The molecule has 4 nitrogen and oxygen atoms in total. The zero-order chi connectivity index (χ0) is 14.4. The van der Waals surface area contributed by atoms with Crippen LogP contribution in [0.15, 0.2) is 22.7 Å². The lowest BCUT2D eigenvalue weighted by Crippen LogP contribution is -2.32. The molecule has 106 valence electrons. The molecule has 1 unspecified atom stereocenters. The van der Waals surface area contributed by atoms with Crippen LogP contribution in [0.4, 0.5) is 5.69 Å². The molecule has 1 aromatic rings. The van der Waals surface area contributed by atoms with Crippen LogP contribution in [0.1, 0.15) is 30.6 Å². The number of anilines is 1. The Labute approximate surface area is 122 Å². The average molecular weight is 329 g/mol. The van der Waals surface area contributed by atoms with E-state index in [0.717, 1.165) is 19.5 Å². The zero-order valence-corrected chi connectivity index (χ0v) is 13.2. The fraction of sp³-hybridized carbons (Fsp3) is 0.500. The topological polar surface area (TPSA) is 52.6 Å². The number of aromatic carboxylic acids is 1. The highest BCUT2D eigenvalue weighted by Crippen LogP contribution is 2.24. The van der Waals surface area contributed by atoms with Crippen molar-refractivity contribution < 1.29 is 9.90 Å². The number of halogens is 1. The monoisotopic (exact) mass is 328 g/mol. The van der Waals surface area contributed by atoms with E-state index in [2.05, 4.69) is 47.0 Å².